The van der Waals surface area contributed by atoms with Gasteiger partial charge in [-0.3, -0.25) is 0 Å². The lowest BCUT2D eigenvalue weighted by molar-refractivity contribution is 0.468. The zero-order valence-electron chi connectivity index (χ0n) is 17.2. The maximum absolute atomic E-state index is 13.2. The van der Waals surface area contributed by atoms with Crippen LogP contribution in [0.5, 0.6) is 0 Å². The summed E-state index contributed by atoms with van der Waals surface area (Å²) in [6, 6.07) is 11.1. The van der Waals surface area contributed by atoms with E-state index in [1.807, 2.05) is 24.3 Å². The molecule has 0 unspecified atom stereocenters. The summed E-state index contributed by atoms with van der Waals surface area (Å²) in [6.45, 7) is 8.15. The van der Waals surface area contributed by atoms with Crippen molar-refractivity contribution in [1.82, 2.24) is 18.8 Å². The van der Waals surface area contributed by atoms with E-state index in [2.05, 4.69) is 30.3 Å². The van der Waals surface area contributed by atoms with Crippen LogP contribution in [-0.4, -0.2) is 40.3 Å². The molecule has 0 amide bonds. The number of hydrogen-bond acceptors (Lipinski definition) is 4. The molecule has 1 aromatic carbocycles. The van der Waals surface area contributed by atoms with Crippen LogP contribution in [0.25, 0.3) is 11.2 Å². The van der Waals surface area contributed by atoms with Crippen LogP contribution in [0.1, 0.15) is 56.8 Å². The molecule has 0 bridgehead atoms. The summed E-state index contributed by atoms with van der Waals surface area (Å²) >= 11 is 0. The van der Waals surface area contributed by atoms with Crippen LogP contribution in [-0.2, 0) is 16.6 Å². The van der Waals surface area contributed by atoms with Crippen molar-refractivity contribution in [2.24, 2.45) is 0 Å². The lowest BCUT2D eigenvalue weighted by atomic mass is 10.0. The Morgan fingerprint density at radius 1 is 1.17 bits per heavy atom. The summed E-state index contributed by atoms with van der Waals surface area (Å²) in [5.74, 6) is 1.41. The van der Waals surface area contributed by atoms with Gasteiger partial charge in [0.05, 0.1) is 4.90 Å². The van der Waals surface area contributed by atoms with E-state index in [1.54, 1.807) is 22.6 Å². The van der Waals surface area contributed by atoms with E-state index in [1.165, 1.54) is 0 Å². The van der Waals surface area contributed by atoms with Gasteiger partial charge in [-0.05, 0) is 48.6 Å². The molecule has 1 aliphatic rings. The molecule has 3 heterocycles. The minimum absolute atomic E-state index is 0.0838. The maximum atomic E-state index is 13.2. The summed E-state index contributed by atoms with van der Waals surface area (Å²) in [6.07, 6.45) is 3.54. The predicted molar refractivity (Wildman–Crippen MR) is 114 cm³/mol. The zero-order chi connectivity index (χ0) is 20.6. The summed E-state index contributed by atoms with van der Waals surface area (Å²) in [5.41, 5.74) is 2.90. The Morgan fingerprint density at radius 2 is 1.93 bits per heavy atom. The minimum Gasteiger partial charge on any atom is -0.312 e. The largest absolute Gasteiger partial charge is 0.312 e. The van der Waals surface area contributed by atoms with E-state index in [4.69, 9.17) is 4.98 Å². The average Bonchev–Trinajstić information content (AvgIpc) is 3.34. The van der Waals surface area contributed by atoms with Crippen molar-refractivity contribution < 1.29 is 8.42 Å². The van der Waals surface area contributed by atoms with Crippen LogP contribution in [0.2, 0.25) is 0 Å². The maximum Gasteiger partial charge on any atom is 0.243 e. The van der Waals surface area contributed by atoms with E-state index in [0.29, 0.717) is 23.9 Å². The molecule has 0 saturated carbocycles. The van der Waals surface area contributed by atoms with Gasteiger partial charge in [0.1, 0.15) is 11.3 Å². The Labute approximate surface area is 172 Å². The molecule has 3 aromatic rings. The molecular formula is C22H28N4O2S. The molecule has 0 aliphatic carbocycles. The highest BCUT2D eigenvalue weighted by Gasteiger charge is 2.35. The predicted octanol–water partition coefficient (Wildman–Crippen LogP) is 4.14. The summed E-state index contributed by atoms with van der Waals surface area (Å²) < 4.78 is 30.1. The van der Waals surface area contributed by atoms with Crippen LogP contribution < -0.4 is 0 Å². The second-order valence-corrected chi connectivity index (χ2v) is 9.98. The van der Waals surface area contributed by atoms with Crippen LogP contribution >= 0.6 is 0 Å². The lowest BCUT2D eigenvalue weighted by Crippen LogP contribution is -2.29. The van der Waals surface area contributed by atoms with Crippen molar-refractivity contribution in [1.29, 1.82) is 0 Å². The van der Waals surface area contributed by atoms with Gasteiger partial charge in [0.15, 0.2) is 5.65 Å². The third-order valence-electron chi connectivity index (χ3n) is 5.68. The van der Waals surface area contributed by atoms with E-state index in [0.717, 1.165) is 41.9 Å². The molecule has 0 spiro atoms. The number of fused-ring (bicyclic) bond motifs is 1. The van der Waals surface area contributed by atoms with Gasteiger partial charge in [0.25, 0.3) is 0 Å². The molecule has 1 saturated heterocycles. The number of sulfonamides is 1. The van der Waals surface area contributed by atoms with Crippen molar-refractivity contribution >= 4 is 21.2 Å². The monoisotopic (exact) mass is 412 g/mol. The number of rotatable bonds is 6. The minimum atomic E-state index is -3.50. The molecule has 0 radical (unpaired) electrons. The molecule has 2 aromatic heterocycles. The Morgan fingerprint density at radius 3 is 2.62 bits per heavy atom. The van der Waals surface area contributed by atoms with Gasteiger partial charge in [0, 0.05) is 31.7 Å². The van der Waals surface area contributed by atoms with Gasteiger partial charge in [-0.2, -0.15) is 4.31 Å². The van der Waals surface area contributed by atoms with Crippen molar-refractivity contribution in [2.75, 3.05) is 13.1 Å². The van der Waals surface area contributed by atoms with Crippen LogP contribution in [0, 0.1) is 0 Å². The number of aryl methyl sites for hydroxylation is 1. The first-order valence-corrected chi connectivity index (χ1v) is 11.8. The molecule has 154 valence electrons. The normalized spacial score (nSPS) is 18.1. The average molecular weight is 413 g/mol. The number of nitrogens with zero attached hydrogens (tertiary/aromatic N) is 4. The Hall–Kier alpha value is -2.25. The molecule has 0 N–H and O–H groups in total. The quantitative estimate of drug-likeness (QED) is 0.610. The zero-order valence-corrected chi connectivity index (χ0v) is 18.1. The smallest absolute Gasteiger partial charge is 0.243 e. The Balaban J connectivity index is 1.60. The number of imidazole rings is 1. The highest BCUT2D eigenvalue weighted by molar-refractivity contribution is 7.89. The van der Waals surface area contributed by atoms with Gasteiger partial charge in [-0.25, -0.2) is 18.4 Å². The molecular weight excluding hydrogens is 384 g/mol. The molecule has 6 nitrogen and oxygen atoms in total. The summed E-state index contributed by atoms with van der Waals surface area (Å²) in [5, 5.41) is 0. The second kappa shape index (κ2) is 7.88. The molecule has 4 rings (SSSR count). The van der Waals surface area contributed by atoms with Crippen molar-refractivity contribution in [3.05, 3.63) is 54.0 Å². The Kier molecular flexibility index (Phi) is 5.44. The van der Waals surface area contributed by atoms with E-state index in [9.17, 15) is 8.42 Å². The van der Waals surface area contributed by atoms with E-state index in [-0.39, 0.29) is 5.92 Å². The highest BCUT2D eigenvalue weighted by Crippen LogP contribution is 2.32. The Bertz CT molecular complexity index is 1100. The SMILES string of the molecule is CCCn1c([C@@H]2CCN(S(=O)(=O)c3ccc(C(C)C)cc3)C2)nc2cccnc21. The van der Waals surface area contributed by atoms with Crippen molar-refractivity contribution in [2.45, 2.75) is 56.9 Å². The number of hydrogen-bond donors (Lipinski definition) is 0. The third kappa shape index (κ3) is 3.69. The topological polar surface area (TPSA) is 68.1 Å². The first-order valence-electron chi connectivity index (χ1n) is 10.3. The van der Waals surface area contributed by atoms with Gasteiger partial charge in [-0.15, -0.1) is 0 Å². The fraction of sp³-hybridized carbons (Fsp3) is 0.455. The number of aromatic nitrogens is 3. The number of pyridine rings is 1. The van der Waals surface area contributed by atoms with Crippen LogP contribution in [0.15, 0.2) is 47.5 Å². The highest BCUT2D eigenvalue weighted by atomic mass is 32.2. The second-order valence-electron chi connectivity index (χ2n) is 8.04. The molecule has 1 aliphatic heterocycles. The third-order valence-corrected chi connectivity index (χ3v) is 7.56. The van der Waals surface area contributed by atoms with Gasteiger partial charge >= 0.3 is 0 Å². The number of benzene rings is 1. The fourth-order valence-corrected chi connectivity index (χ4v) is 5.56. The molecule has 1 atom stereocenters. The van der Waals surface area contributed by atoms with Crippen molar-refractivity contribution in [3.8, 4) is 0 Å². The van der Waals surface area contributed by atoms with Gasteiger partial charge < -0.3 is 4.57 Å². The van der Waals surface area contributed by atoms with Crippen molar-refractivity contribution in [3.63, 3.8) is 0 Å². The first kappa shape index (κ1) is 20.0. The van der Waals surface area contributed by atoms with Crippen LogP contribution in [0.3, 0.4) is 0 Å². The van der Waals surface area contributed by atoms with Gasteiger partial charge in [-0.1, -0.05) is 32.9 Å². The summed E-state index contributed by atoms with van der Waals surface area (Å²) in [7, 11) is -3.50. The molecule has 7 heteroatoms. The standard InChI is InChI=1S/C22H28N4O2S/c1-4-13-26-21(24-20-6-5-12-23-22(20)26)18-11-14-25(15-18)29(27,28)19-9-7-17(8-10-19)16(2)3/h5-10,12,16,18H,4,11,13-15H2,1-3H3/t18-/m1/s1. The van der Waals surface area contributed by atoms with Crippen LogP contribution in [0.4, 0.5) is 0 Å². The molecule has 1 fully saturated rings. The fourth-order valence-electron chi connectivity index (χ4n) is 4.06. The van der Waals surface area contributed by atoms with E-state index < -0.39 is 10.0 Å². The summed E-state index contributed by atoms with van der Waals surface area (Å²) in [4.78, 5) is 9.68. The first-order chi connectivity index (χ1) is 13.9. The lowest BCUT2D eigenvalue weighted by Gasteiger charge is -2.17. The van der Waals surface area contributed by atoms with E-state index >= 15 is 0 Å². The molecule has 29 heavy (non-hydrogen) atoms. The van der Waals surface area contributed by atoms with Gasteiger partial charge in [0.2, 0.25) is 10.0 Å².